The number of allylic oxidation sites excluding steroid dienone is 1. The molecule has 0 atom stereocenters. The van der Waals surface area contributed by atoms with Crippen molar-refractivity contribution >= 4 is 42.7 Å². The third-order valence-corrected chi connectivity index (χ3v) is 15.4. The molecule has 0 aliphatic carbocycles. The van der Waals surface area contributed by atoms with Crippen LogP contribution in [-0.2, 0) is 4.79 Å². The minimum atomic E-state index is -2.91. The summed E-state index contributed by atoms with van der Waals surface area (Å²) in [5.74, 6) is -0.881. The molecular weight excluding hydrogens is 443 g/mol. The number of hydrogen-bond donors (Lipinski definition) is 1. The number of carboxylic acids is 1. The van der Waals surface area contributed by atoms with Crippen LogP contribution in [0, 0.1) is 0 Å². The van der Waals surface area contributed by atoms with E-state index in [1.165, 1.54) is 22.0 Å². The van der Waals surface area contributed by atoms with Crippen molar-refractivity contribution in [1.29, 1.82) is 0 Å². The monoisotopic (exact) mass is 468 g/mol. The van der Waals surface area contributed by atoms with E-state index in [-0.39, 0.29) is 0 Å². The van der Waals surface area contributed by atoms with Crippen LogP contribution in [0.25, 0.3) is 0 Å². The zero-order valence-corrected chi connectivity index (χ0v) is 19.0. The fourth-order valence-electron chi connectivity index (χ4n) is 3.99. The number of benzene rings is 3. The molecule has 4 heteroatoms. The first kappa shape index (κ1) is 21.5. The van der Waals surface area contributed by atoms with E-state index < -0.39 is 11.3 Å². The van der Waals surface area contributed by atoms with E-state index in [9.17, 15) is 4.79 Å². The molecule has 3 aromatic carbocycles. The number of hydrogen-bond acceptors (Lipinski definition) is 1. The van der Waals surface area contributed by atoms with Crippen LogP contribution in [-0.4, -0.2) is 17.2 Å². The van der Waals surface area contributed by atoms with E-state index in [2.05, 4.69) is 88.3 Å². The summed E-state index contributed by atoms with van der Waals surface area (Å²) in [6.45, 7) is 1.89. The Kier molecular flexibility index (Phi) is 6.72. The Morgan fingerprint density at radius 2 is 1.21 bits per heavy atom. The van der Waals surface area contributed by atoms with Crippen molar-refractivity contribution in [3.8, 4) is 0 Å². The van der Waals surface area contributed by atoms with E-state index in [1.54, 1.807) is 0 Å². The molecule has 0 unspecified atom stereocenters. The zero-order chi connectivity index (χ0) is 20.8. The van der Waals surface area contributed by atoms with Gasteiger partial charge in [0.2, 0.25) is 0 Å². The summed E-state index contributed by atoms with van der Waals surface area (Å²) < 4.78 is 0. The van der Waals surface area contributed by atoms with Crippen LogP contribution in [0.1, 0.15) is 19.8 Å². The predicted octanol–water partition coefficient (Wildman–Crippen LogP) is 5.64. The normalized spacial score (nSPS) is 13.4. The molecule has 0 spiro atoms. The fourth-order valence-corrected chi connectivity index (χ4v) is 11.7. The van der Waals surface area contributed by atoms with Crippen molar-refractivity contribution in [2.45, 2.75) is 19.8 Å². The van der Waals surface area contributed by atoms with Gasteiger partial charge in [0.25, 0.3) is 0 Å². The van der Waals surface area contributed by atoms with Gasteiger partial charge in [0.05, 0.1) is 0 Å². The van der Waals surface area contributed by atoms with Crippen LogP contribution in [0.4, 0.5) is 0 Å². The van der Waals surface area contributed by atoms with Crippen LogP contribution in [0.2, 0.25) is 0 Å². The second-order valence-corrected chi connectivity index (χ2v) is 16.4. The number of carbonyl (C=O) groups is 1. The molecule has 3 rings (SSSR count). The third-order valence-electron chi connectivity index (χ3n) is 5.40. The summed E-state index contributed by atoms with van der Waals surface area (Å²) in [6, 6.07) is 32.0. The Labute approximate surface area is 181 Å². The van der Waals surface area contributed by atoms with Gasteiger partial charge in [-0.2, -0.15) is 0 Å². The summed E-state index contributed by atoms with van der Waals surface area (Å²) >= 11 is 4.41. The number of rotatable bonds is 8. The van der Waals surface area contributed by atoms with Gasteiger partial charge in [-0.05, 0) is 0 Å². The summed E-state index contributed by atoms with van der Waals surface area (Å²) in [6.07, 6.45) is 3.87. The SMILES string of the molecule is C/C(=C\C(=O)O)CCCP(Br)(c1ccccc1)(c1ccccc1)c1ccccc1. The van der Waals surface area contributed by atoms with Gasteiger partial charge in [0, 0.05) is 0 Å². The Morgan fingerprint density at radius 1 is 0.828 bits per heavy atom. The summed E-state index contributed by atoms with van der Waals surface area (Å²) in [5.41, 5.74) is 0.893. The molecule has 0 aromatic heterocycles. The fraction of sp³-hybridized carbons (Fsp3) is 0.160. The molecule has 0 aliphatic rings. The molecule has 0 aliphatic heterocycles. The summed E-state index contributed by atoms with van der Waals surface area (Å²) in [4.78, 5) is 11.0. The quantitative estimate of drug-likeness (QED) is 0.343. The van der Waals surface area contributed by atoms with Gasteiger partial charge in [0.1, 0.15) is 0 Å². The molecule has 29 heavy (non-hydrogen) atoms. The van der Waals surface area contributed by atoms with E-state index in [0.29, 0.717) is 0 Å². The first-order chi connectivity index (χ1) is 13.9. The zero-order valence-electron chi connectivity index (χ0n) is 16.5. The Bertz CT molecular complexity index is 886. The Balaban J connectivity index is 2.18. The molecule has 0 saturated carbocycles. The molecule has 3 aromatic rings. The molecule has 0 bridgehead atoms. The van der Waals surface area contributed by atoms with Crippen molar-refractivity contribution in [2.75, 3.05) is 6.16 Å². The van der Waals surface area contributed by atoms with Gasteiger partial charge in [0.15, 0.2) is 0 Å². The molecule has 0 amide bonds. The number of halogens is 1. The molecule has 0 heterocycles. The van der Waals surface area contributed by atoms with Crippen LogP contribution in [0.15, 0.2) is 103 Å². The van der Waals surface area contributed by atoms with Crippen molar-refractivity contribution in [1.82, 2.24) is 0 Å². The van der Waals surface area contributed by atoms with Crippen molar-refractivity contribution < 1.29 is 9.90 Å². The summed E-state index contributed by atoms with van der Waals surface area (Å²) in [5, 5.41) is 10.0. The molecule has 2 nitrogen and oxygen atoms in total. The first-order valence-corrected chi connectivity index (χ1v) is 14.2. The summed E-state index contributed by atoms with van der Waals surface area (Å²) in [7, 11) is 0. The molecular formula is C25H26BrO2P. The topological polar surface area (TPSA) is 37.3 Å². The van der Waals surface area contributed by atoms with Crippen LogP contribution >= 0.6 is 20.8 Å². The van der Waals surface area contributed by atoms with Crippen molar-refractivity contribution in [2.24, 2.45) is 0 Å². The first-order valence-electron chi connectivity index (χ1n) is 9.75. The molecule has 1 N–H and O–H groups in total. The van der Waals surface area contributed by atoms with Gasteiger partial charge < -0.3 is 0 Å². The second kappa shape index (κ2) is 9.07. The average molecular weight is 469 g/mol. The van der Waals surface area contributed by atoms with Crippen molar-refractivity contribution in [3.63, 3.8) is 0 Å². The van der Waals surface area contributed by atoms with Crippen LogP contribution < -0.4 is 15.9 Å². The molecule has 150 valence electrons. The van der Waals surface area contributed by atoms with Crippen LogP contribution in [0.3, 0.4) is 0 Å². The minimum absolute atomic E-state index is 0.752. The number of carboxylic acid groups (broad SMARTS) is 1. The molecule has 0 saturated heterocycles. The second-order valence-electron chi connectivity index (χ2n) is 7.35. The van der Waals surface area contributed by atoms with Gasteiger partial charge in [-0.1, -0.05) is 0 Å². The maximum atomic E-state index is 11.0. The van der Waals surface area contributed by atoms with Gasteiger partial charge in [-0.25, -0.2) is 0 Å². The average Bonchev–Trinajstić information content (AvgIpc) is 2.75. The molecule has 0 fully saturated rings. The predicted molar refractivity (Wildman–Crippen MR) is 130 cm³/mol. The van der Waals surface area contributed by atoms with Crippen LogP contribution in [0.5, 0.6) is 0 Å². The van der Waals surface area contributed by atoms with E-state index in [0.717, 1.165) is 24.6 Å². The number of aliphatic carboxylic acids is 1. The third kappa shape index (κ3) is 4.37. The van der Waals surface area contributed by atoms with E-state index >= 15 is 0 Å². The van der Waals surface area contributed by atoms with Crippen molar-refractivity contribution in [3.05, 3.63) is 103 Å². The standard InChI is InChI=1S/C25H26BrO2P/c1-21(20-25(27)28)12-11-19-29(26,22-13-5-2-6-14-22,23-15-7-3-8-16-23)24-17-9-4-10-18-24/h2-10,13-18,20H,11-12,19H2,1H3,(H,27,28)/b21-20+. The maximum absolute atomic E-state index is 11.0. The Hall–Kier alpha value is -2.22. The van der Waals surface area contributed by atoms with E-state index in [1.807, 2.05) is 25.1 Å². The van der Waals surface area contributed by atoms with Gasteiger partial charge in [-0.3, -0.25) is 0 Å². The Morgan fingerprint density at radius 3 is 1.55 bits per heavy atom. The van der Waals surface area contributed by atoms with Gasteiger partial charge >= 0.3 is 181 Å². The van der Waals surface area contributed by atoms with Gasteiger partial charge in [-0.15, -0.1) is 0 Å². The van der Waals surface area contributed by atoms with E-state index in [4.69, 9.17) is 5.11 Å². The molecule has 0 radical (unpaired) electrons.